The summed E-state index contributed by atoms with van der Waals surface area (Å²) in [5.41, 5.74) is 1.23. The van der Waals surface area contributed by atoms with E-state index < -0.39 is 11.9 Å². The zero-order valence-corrected chi connectivity index (χ0v) is 16.8. The molecule has 0 aliphatic carbocycles. The number of hydrogen-bond donors (Lipinski definition) is 0. The molecule has 4 heterocycles. The average Bonchev–Trinajstić information content (AvgIpc) is 3.39. The molecule has 30 heavy (non-hydrogen) atoms. The Morgan fingerprint density at radius 3 is 2.70 bits per heavy atom. The molecular weight excluding hydrogens is 401 g/mol. The van der Waals surface area contributed by atoms with Crippen LogP contribution in [0.25, 0.3) is 5.65 Å². The number of carbonyl (C=O) groups is 1. The number of fused-ring (bicyclic) bond motifs is 1. The number of amides is 1. The van der Waals surface area contributed by atoms with Crippen molar-refractivity contribution in [1.29, 1.82) is 0 Å². The van der Waals surface area contributed by atoms with Crippen molar-refractivity contribution in [1.82, 2.24) is 29.8 Å². The molecular formula is C19H21F3N6O2. The molecule has 0 spiro atoms. The quantitative estimate of drug-likeness (QED) is 0.642. The molecule has 0 unspecified atom stereocenters. The fourth-order valence-corrected chi connectivity index (χ4v) is 3.60. The average molecular weight is 422 g/mol. The number of aryl methyl sites for hydroxylation is 1. The fourth-order valence-electron chi connectivity index (χ4n) is 3.60. The van der Waals surface area contributed by atoms with E-state index in [9.17, 15) is 18.0 Å². The molecule has 0 saturated carbocycles. The summed E-state index contributed by atoms with van der Waals surface area (Å²) in [4.78, 5) is 18.6. The van der Waals surface area contributed by atoms with Gasteiger partial charge in [-0.1, -0.05) is 24.2 Å². The molecule has 1 atom stereocenters. The smallest absolute Gasteiger partial charge is 0.342 e. The maximum Gasteiger partial charge on any atom is 0.433 e. The lowest BCUT2D eigenvalue weighted by Crippen LogP contribution is -2.30. The van der Waals surface area contributed by atoms with E-state index >= 15 is 0 Å². The van der Waals surface area contributed by atoms with Crippen molar-refractivity contribution < 1.29 is 22.6 Å². The van der Waals surface area contributed by atoms with Crippen LogP contribution in [0.4, 0.5) is 13.2 Å². The monoisotopic (exact) mass is 422 g/mol. The zero-order valence-electron chi connectivity index (χ0n) is 16.8. The predicted molar refractivity (Wildman–Crippen MR) is 98.8 cm³/mol. The van der Waals surface area contributed by atoms with Crippen molar-refractivity contribution >= 4 is 11.6 Å². The third-order valence-corrected chi connectivity index (χ3v) is 5.37. The largest absolute Gasteiger partial charge is 0.433 e. The van der Waals surface area contributed by atoms with Crippen LogP contribution in [0.15, 0.2) is 16.8 Å². The zero-order chi connectivity index (χ0) is 21.6. The molecule has 1 amide bonds. The van der Waals surface area contributed by atoms with Gasteiger partial charge in [0.25, 0.3) is 0 Å². The van der Waals surface area contributed by atoms with Gasteiger partial charge in [-0.05, 0) is 25.3 Å². The lowest BCUT2D eigenvalue weighted by atomic mass is 10.1. The van der Waals surface area contributed by atoms with Crippen LogP contribution in [0, 0.1) is 6.92 Å². The normalized spacial score (nSPS) is 17.4. The van der Waals surface area contributed by atoms with E-state index in [0.29, 0.717) is 42.3 Å². The molecule has 3 aromatic heterocycles. The third kappa shape index (κ3) is 3.75. The van der Waals surface area contributed by atoms with E-state index in [4.69, 9.17) is 0 Å². The minimum absolute atomic E-state index is 0.0742. The number of hydrogen-bond acceptors (Lipinski definition) is 6. The third-order valence-electron chi connectivity index (χ3n) is 5.37. The standard InChI is InChI=1S/C19H21F3N6O2/c1-10(2)13-6-16(19(20,21)22)28-17(23-13)7-15(24-28)12-4-5-27(9-12)18(29)8-14-11(3)25-30-26-14/h6-7,10,12H,4-5,8-9H2,1-3H3/t12-/m0/s1. The van der Waals surface area contributed by atoms with Crippen LogP contribution in [-0.4, -0.2) is 48.8 Å². The number of nitrogens with zero attached hydrogens (tertiary/aromatic N) is 6. The molecule has 0 bridgehead atoms. The summed E-state index contributed by atoms with van der Waals surface area (Å²) < 4.78 is 46.2. The minimum Gasteiger partial charge on any atom is -0.342 e. The summed E-state index contributed by atoms with van der Waals surface area (Å²) in [5.74, 6) is -0.435. The number of likely N-dealkylation sites (tertiary alicyclic amines) is 1. The van der Waals surface area contributed by atoms with Gasteiger partial charge in [0, 0.05) is 30.8 Å². The van der Waals surface area contributed by atoms with E-state index in [0.717, 1.165) is 10.6 Å². The van der Waals surface area contributed by atoms with E-state index in [1.165, 1.54) is 0 Å². The van der Waals surface area contributed by atoms with Crippen molar-refractivity contribution in [2.75, 3.05) is 13.1 Å². The van der Waals surface area contributed by atoms with Crippen LogP contribution < -0.4 is 0 Å². The number of rotatable bonds is 4. The van der Waals surface area contributed by atoms with Crippen LogP contribution in [-0.2, 0) is 17.4 Å². The first-order valence-corrected chi connectivity index (χ1v) is 9.67. The Labute approximate surface area is 170 Å². The van der Waals surface area contributed by atoms with E-state index in [1.807, 2.05) is 0 Å². The molecule has 1 aliphatic rings. The van der Waals surface area contributed by atoms with Crippen LogP contribution >= 0.6 is 0 Å². The van der Waals surface area contributed by atoms with Crippen LogP contribution in [0.3, 0.4) is 0 Å². The number of alkyl halides is 3. The van der Waals surface area contributed by atoms with Gasteiger partial charge in [-0.25, -0.2) is 14.1 Å². The van der Waals surface area contributed by atoms with Gasteiger partial charge in [0.05, 0.1) is 12.1 Å². The van der Waals surface area contributed by atoms with Crippen LogP contribution in [0.5, 0.6) is 0 Å². The lowest BCUT2D eigenvalue weighted by molar-refractivity contribution is -0.142. The van der Waals surface area contributed by atoms with Gasteiger partial charge in [-0.15, -0.1) is 0 Å². The topological polar surface area (TPSA) is 89.4 Å². The van der Waals surface area contributed by atoms with Gasteiger partial charge in [-0.2, -0.15) is 18.3 Å². The summed E-state index contributed by atoms with van der Waals surface area (Å²) in [5, 5.41) is 11.6. The SMILES string of the molecule is Cc1nonc1CC(=O)N1CC[C@H](c2cc3nc(C(C)C)cc(C(F)(F)F)n3n2)C1. The number of carbonyl (C=O) groups excluding carboxylic acids is 1. The summed E-state index contributed by atoms with van der Waals surface area (Å²) in [6, 6.07) is 2.64. The first-order chi connectivity index (χ1) is 14.1. The highest BCUT2D eigenvalue weighted by Gasteiger charge is 2.36. The maximum absolute atomic E-state index is 13.6. The van der Waals surface area contributed by atoms with Gasteiger partial charge in [-0.3, -0.25) is 4.79 Å². The molecule has 8 nitrogen and oxygen atoms in total. The van der Waals surface area contributed by atoms with Gasteiger partial charge in [0.1, 0.15) is 17.1 Å². The second kappa shape index (κ2) is 7.37. The molecule has 11 heteroatoms. The van der Waals surface area contributed by atoms with E-state index in [1.54, 1.807) is 31.7 Å². The van der Waals surface area contributed by atoms with E-state index in [-0.39, 0.29) is 29.8 Å². The molecule has 0 radical (unpaired) electrons. The Balaban J connectivity index is 1.58. The molecule has 160 valence electrons. The Kier molecular flexibility index (Phi) is 4.99. The molecule has 3 aromatic rings. The maximum atomic E-state index is 13.6. The van der Waals surface area contributed by atoms with E-state index in [2.05, 4.69) is 25.0 Å². The highest BCUT2D eigenvalue weighted by atomic mass is 19.4. The van der Waals surface area contributed by atoms with Crippen molar-refractivity contribution in [2.45, 2.75) is 51.6 Å². The molecule has 1 aliphatic heterocycles. The molecule has 1 saturated heterocycles. The highest BCUT2D eigenvalue weighted by Crippen LogP contribution is 2.33. The van der Waals surface area contributed by atoms with Crippen molar-refractivity contribution in [3.05, 3.63) is 40.6 Å². The Morgan fingerprint density at radius 2 is 2.07 bits per heavy atom. The summed E-state index contributed by atoms with van der Waals surface area (Å²) >= 11 is 0. The number of halogens is 3. The highest BCUT2D eigenvalue weighted by molar-refractivity contribution is 5.78. The first-order valence-electron chi connectivity index (χ1n) is 9.67. The molecule has 1 fully saturated rings. The molecule has 0 N–H and O–H groups in total. The lowest BCUT2D eigenvalue weighted by Gasteiger charge is -2.15. The first kappa shape index (κ1) is 20.3. The van der Waals surface area contributed by atoms with Crippen molar-refractivity contribution in [3.8, 4) is 0 Å². The van der Waals surface area contributed by atoms with Gasteiger partial charge < -0.3 is 4.90 Å². The predicted octanol–water partition coefficient (Wildman–Crippen LogP) is 3.12. The van der Waals surface area contributed by atoms with Crippen LogP contribution in [0.1, 0.15) is 60.6 Å². The minimum atomic E-state index is -4.55. The summed E-state index contributed by atoms with van der Waals surface area (Å²) in [7, 11) is 0. The Hall–Kier alpha value is -2.98. The van der Waals surface area contributed by atoms with Gasteiger partial charge >= 0.3 is 6.18 Å². The Bertz CT molecular complexity index is 1090. The summed E-state index contributed by atoms with van der Waals surface area (Å²) in [6.45, 7) is 6.18. The Morgan fingerprint density at radius 1 is 1.30 bits per heavy atom. The van der Waals surface area contributed by atoms with Crippen molar-refractivity contribution in [2.24, 2.45) is 0 Å². The van der Waals surface area contributed by atoms with Gasteiger partial charge in [0.2, 0.25) is 5.91 Å². The van der Waals surface area contributed by atoms with Crippen molar-refractivity contribution in [3.63, 3.8) is 0 Å². The van der Waals surface area contributed by atoms with Crippen LogP contribution in [0.2, 0.25) is 0 Å². The second-order valence-electron chi connectivity index (χ2n) is 7.86. The molecule has 0 aromatic carbocycles. The molecule has 4 rings (SSSR count). The second-order valence-corrected chi connectivity index (χ2v) is 7.86. The number of aromatic nitrogens is 5. The summed E-state index contributed by atoms with van der Waals surface area (Å²) in [6.07, 6.45) is -3.86. The van der Waals surface area contributed by atoms with Gasteiger partial charge in [0.15, 0.2) is 5.65 Å². The fraction of sp³-hybridized carbons (Fsp3) is 0.526.